The van der Waals surface area contributed by atoms with Crippen molar-refractivity contribution in [1.29, 1.82) is 0 Å². The van der Waals surface area contributed by atoms with Crippen molar-refractivity contribution in [2.24, 2.45) is 0 Å². The second-order valence-corrected chi connectivity index (χ2v) is 3.01. The third-order valence-corrected chi connectivity index (χ3v) is 2.68. The van der Waals surface area contributed by atoms with Gasteiger partial charge in [-0.3, -0.25) is 0 Å². The maximum atomic E-state index is 5.27. The van der Waals surface area contributed by atoms with Crippen LogP contribution in [0.3, 0.4) is 0 Å². The molecule has 1 heterocycles. The Balaban J connectivity index is 1.89. The van der Waals surface area contributed by atoms with Crippen LogP contribution in [-0.2, 0) is 9.16 Å². The number of hydrogen-bond acceptors (Lipinski definition) is 2. The molecule has 0 bridgehead atoms. The third-order valence-electron chi connectivity index (χ3n) is 2.01. The van der Waals surface area contributed by atoms with E-state index in [0.717, 1.165) is 23.3 Å². The second-order valence-electron chi connectivity index (χ2n) is 2.54. The Kier molecular flexibility index (Phi) is 0.967. The zero-order valence-electron chi connectivity index (χ0n) is 4.96. The van der Waals surface area contributed by atoms with Gasteiger partial charge in [-0.05, 0) is 0 Å². The Morgan fingerprint density at radius 3 is 2.38 bits per heavy atom. The average molecular weight is 130 g/mol. The molecule has 8 heavy (non-hydrogen) atoms. The fraction of sp³-hybridized carbons (Fsp3) is 1.00. The van der Waals surface area contributed by atoms with Gasteiger partial charge in [-0.1, -0.05) is 0 Å². The lowest BCUT2D eigenvalue weighted by Crippen LogP contribution is -2.08. The first-order chi connectivity index (χ1) is 3.90. The van der Waals surface area contributed by atoms with Crippen molar-refractivity contribution in [1.82, 2.24) is 0 Å². The Labute approximate surface area is 51.7 Å². The Morgan fingerprint density at radius 1 is 1.38 bits per heavy atom. The molecule has 2 fully saturated rings. The van der Waals surface area contributed by atoms with E-state index >= 15 is 0 Å². The van der Waals surface area contributed by atoms with Crippen LogP contribution in [0.2, 0.25) is 0 Å². The van der Waals surface area contributed by atoms with Crippen LogP contribution in [0.5, 0.6) is 0 Å². The van der Waals surface area contributed by atoms with Crippen LogP contribution in [0.15, 0.2) is 0 Å². The first-order valence-corrected chi connectivity index (χ1v) is 3.90. The summed E-state index contributed by atoms with van der Waals surface area (Å²) in [5.74, 6) is 0. The summed E-state index contributed by atoms with van der Waals surface area (Å²) < 4.78 is 10.5. The Hall–Kier alpha value is 0.137. The predicted molar refractivity (Wildman–Crippen MR) is 32.7 cm³/mol. The molecule has 2 aliphatic rings. The normalized spacial score (nSPS) is 51.8. The van der Waals surface area contributed by atoms with E-state index in [0.29, 0.717) is 18.3 Å². The molecular weight excluding hydrogens is 120 g/mol. The van der Waals surface area contributed by atoms with Crippen molar-refractivity contribution in [3.8, 4) is 0 Å². The van der Waals surface area contributed by atoms with E-state index in [-0.39, 0.29) is 0 Å². The second kappa shape index (κ2) is 1.56. The van der Waals surface area contributed by atoms with Crippen LogP contribution in [0.1, 0.15) is 12.8 Å². The number of rotatable bonds is 1. The monoisotopic (exact) mass is 130 g/mol. The summed E-state index contributed by atoms with van der Waals surface area (Å²) in [6, 6.07) is 0. The number of epoxide rings is 1. The van der Waals surface area contributed by atoms with Crippen molar-refractivity contribution >= 4 is 10.5 Å². The molecule has 0 N–H and O–H groups in total. The van der Waals surface area contributed by atoms with Gasteiger partial charge in [-0.15, -0.1) is 0 Å². The van der Waals surface area contributed by atoms with Crippen LogP contribution in [0, 0.1) is 0 Å². The predicted octanol–water partition coefficient (Wildman–Crippen LogP) is -0.787. The molecule has 0 spiro atoms. The van der Waals surface area contributed by atoms with E-state index in [9.17, 15) is 0 Å². The summed E-state index contributed by atoms with van der Waals surface area (Å²) in [6.45, 7) is 0. The quantitative estimate of drug-likeness (QED) is 0.343. The van der Waals surface area contributed by atoms with Crippen molar-refractivity contribution in [3.63, 3.8) is 0 Å². The maximum absolute atomic E-state index is 5.27. The average Bonchev–Trinajstić information content (AvgIpc) is 2.40. The SMILES string of the molecule is [SiH3]O[C@@H]1C[C@@H]2O[C@@H]2C1. The molecule has 0 unspecified atom stereocenters. The molecule has 0 aromatic rings. The standard InChI is InChI=1S/C5H10O2Si/c8-7-3-1-4-5(2-3)6-4/h3-5H,1-2H2,8H3/t3-,4+,5-. The lowest BCUT2D eigenvalue weighted by molar-refractivity contribution is 0.162. The Morgan fingerprint density at radius 2 is 2.00 bits per heavy atom. The van der Waals surface area contributed by atoms with Gasteiger partial charge in [0, 0.05) is 18.9 Å². The van der Waals surface area contributed by atoms with Gasteiger partial charge in [0.2, 0.25) is 0 Å². The fourth-order valence-electron chi connectivity index (χ4n) is 1.40. The minimum absolute atomic E-state index is 0.561. The molecule has 1 aliphatic heterocycles. The summed E-state index contributed by atoms with van der Waals surface area (Å²) in [5.41, 5.74) is 0. The highest BCUT2D eigenvalue weighted by Gasteiger charge is 2.47. The highest BCUT2D eigenvalue weighted by atomic mass is 28.2. The van der Waals surface area contributed by atoms with Crippen LogP contribution in [0.4, 0.5) is 0 Å². The van der Waals surface area contributed by atoms with Gasteiger partial charge in [0.15, 0.2) is 0 Å². The molecule has 0 radical (unpaired) electrons. The van der Waals surface area contributed by atoms with E-state index in [1.54, 1.807) is 0 Å². The number of ether oxygens (including phenoxy) is 1. The number of hydrogen-bond donors (Lipinski definition) is 0. The molecule has 2 nitrogen and oxygen atoms in total. The van der Waals surface area contributed by atoms with E-state index < -0.39 is 0 Å². The van der Waals surface area contributed by atoms with Crippen LogP contribution in [0.25, 0.3) is 0 Å². The molecular formula is C5H10O2Si. The molecule has 3 heteroatoms. The van der Waals surface area contributed by atoms with Gasteiger partial charge in [0.1, 0.15) is 10.5 Å². The third kappa shape index (κ3) is 0.622. The molecule has 46 valence electrons. The van der Waals surface area contributed by atoms with Crippen molar-refractivity contribution in [3.05, 3.63) is 0 Å². The van der Waals surface area contributed by atoms with E-state index in [1.807, 2.05) is 0 Å². The largest absolute Gasteiger partial charge is 0.425 e. The minimum Gasteiger partial charge on any atom is -0.425 e. The molecule has 1 aliphatic carbocycles. The topological polar surface area (TPSA) is 21.8 Å². The van der Waals surface area contributed by atoms with Gasteiger partial charge in [0.25, 0.3) is 0 Å². The molecule has 0 amide bonds. The number of fused-ring (bicyclic) bond motifs is 1. The molecule has 1 saturated heterocycles. The first-order valence-electron chi connectivity index (χ1n) is 3.08. The molecule has 0 aromatic carbocycles. The van der Waals surface area contributed by atoms with Crippen LogP contribution < -0.4 is 0 Å². The van der Waals surface area contributed by atoms with Gasteiger partial charge >= 0.3 is 0 Å². The smallest absolute Gasteiger partial charge is 0.146 e. The molecule has 2 rings (SSSR count). The summed E-state index contributed by atoms with van der Waals surface area (Å²) >= 11 is 0. The highest BCUT2D eigenvalue weighted by Crippen LogP contribution is 2.39. The van der Waals surface area contributed by atoms with Crippen molar-refractivity contribution in [2.75, 3.05) is 0 Å². The lowest BCUT2D eigenvalue weighted by Gasteiger charge is -2.07. The van der Waals surface area contributed by atoms with Gasteiger partial charge in [-0.2, -0.15) is 0 Å². The summed E-state index contributed by atoms with van der Waals surface area (Å²) in [6.07, 6.45) is 4.07. The van der Waals surface area contributed by atoms with E-state index in [1.165, 1.54) is 0 Å². The van der Waals surface area contributed by atoms with Gasteiger partial charge in [0.05, 0.1) is 12.2 Å². The van der Waals surface area contributed by atoms with Crippen LogP contribution in [-0.4, -0.2) is 28.8 Å². The Bertz CT molecular complexity index is 96.6. The lowest BCUT2D eigenvalue weighted by atomic mass is 10.3. The van der Waals surface area contributed by atoms with E-state index in [2.05, 4.69) is 0 Å². The highest BCUT2D eigenvalue weighted by molar-refractivity contribution is 5.98. The molecule has 1 saturated carbocycles. The van der Waals surface area contributed by atoms with Crippen LogP contribution >= 0.6 is 0 Å². The molecule has 3 atom stereocenters. The van der Waals surface area contributed by atoms with Gasteiger partial charge in [-0.25, -0.2) is 0 Å². The zero-order chi connectivity index (χ0) is 5.56. The minimum atomic E-state index is 0.561. The fourth-order valence-corrected chi connectivity index (χ4v) is 1.79. The van der Waals surface area contributed by atoms with E-state index in [4.69, 9.17) is 9.16 Å². The van der Waals surface area contributed by atoms with Crippen molar-refractivity contribution in [2.45, 2.75) is 31.2 Å². The first kappa shape index (κ1) is 4.96. The summed E-state index contributed by atoms with van der Waals surface area (Å²) in [4.78, 5) is 0. The zero-order valence-corrected chi connectivity index (χ0v) is 6.96. The summed E-state index contributed by atoms with van der Waals surface area (Å²) in [7, 11) is 0.888. The van der Waals surface area contributed by atoms with Gasteiger partial charge < -0.3 is 9.16 Å². The maximum Gasteiger partial charge on any atom is 0.146 e. The summed E-state index contributed by atoms with van der Waals surface area (Å²) in [5, 5.41) is 0. The molecule has 0 aromatic heterocycles. The van der Waals surface area contributed by atoms with Crippen molar-refractivity contribution < 1.29 is 9.16 Å².